The van der Waals surface area contributed by atoms with Crippen molar-refractivity contribution in [1.82, 2.24) is 4.90 Å². The largest absolute Gasteiger partial charge is 0.305 e. The Morgan fingerprint density at radius 1 is 1.17 bits per heavy atom. The van der Waals surface area contributed by atoms with Crippen LogP contribution in [0, 0.1) is 10.3 Å². The summed E-state index contributed by atoms with van der Waals surface area (Å²) in [5, 5.41) is 11.7. The number of nitrogens with zero attached hydrogens (tertiary/aromatic N) is 3. The van der Waals surface area contributed by atoms with Crippen molar-refractivity contribution >= 4 is 22.8 Å². The van der Waals surface area contributed by atoms with E-state index in [1.165, 1.54) is 11.8 Å². The monoisotopic (exact) mass is 336 g/mol. The maximum Gasteiger partial charge on any atom is 0.166 e. The van der Waals surface area contributed by atoms with Gasteiger partial charge in [0.2, 0.25) is 0 Å². The van der Waals surface area contributed by atoms with Gasteiger partial charge in [0.1, 0.15) is 12.4 Å². The van der Waals surface area contributed by atoms with Crippen LogP contribution in [0.2, 0.25) is 0 Å². The Bertz CT molecular complexity index is 845. The molecule has 2 aromatic rings. The van der Waals surface area contributed by atoms with E-state index in [1.807, 2.05) is 29.2 Å². The Morgan fingerprint density at radius 2 is 1.96 bits per heavy atom. The van der Waals surface area contributed by atoms with Gasteiger partial charge in [-0.15, -0.1) is 0 Å². The fourth-order valence-corrected chi connectivity index (χ4v) is 3.99. The summed E-state index contributed by atoms with van der Waals surface area (Å²) in [7, 11) is 0. The van der Waals surface area contributed by atoms with E-state index in [-0.39, 0.29) is 6.54 Å². The van der Waals surface area contributed by atoms with Gasteiger partial charge >= 0.3 is 0 Å². The number of thioether (sulfide) groups is 1. The first-order valence-corrected chi connectivity index (χ1v) is 8.69. The molecule has 120 valence electrons. The zero-order valence-electron chi connectivity index (χ0n) is 13.0. The van der Waals surface area contributed by atoms with Gasteiger partial charge in [-0.1, -0.05) is 47.3 Å². The fraction of sp³-hybridized carbons (Fsp3) is 0.222. The molecule has 0 radical (unpaired) electrons. The van der Waals surface area contributed by atoms with Crippen LogP contribution in [0.25, 0.3) is 11.1 Å². The average Bonchev–Trinajstić information content (AvgIpc) is 2.62. The second kappa shape index (κ2) is 6.20. The van der Waals surface area contributed by atoms with Crippen molar-refractivity contribution in [2.24, 2.45) is 10.2 Å². The first kappa shape index (κ1) is 15.1. The quantitative estimate of drug-likeness (QED) is 0.858. The van der Waals surface area contributed by atoms with E-state index in [1.54, 1.807) is 0 Å². The second-order valence-corrected chi connectivity index (χ2v) is 6.84. The van der Waals surface area contributed by atoms with Crippen molar-refractivity contribution in [2.45, 2.75) is 17.9 Å². The van der Waals surface area contributed by atoms with Crippen molar-refractivity contribution in [1.29, 1.82) is 5.41 Å². The molecule has 0 spiro atoms. The molecule has 0 saturated heterocycles. The van der Waals surface area contributed by atoms with Crippen molar-refractivity contribution in [3.8, 4) is 11.1 Å². The highest BCUT2D eigenvalue weighted by molar-refractivity contribution is 8.14. The molecule has 24 heavy (non-hydrogen) atoms. The number of rotatable bonds is 3. The predicted molar refractivity (Wildman–Crippen MR) is 97.7 cm³/mol. The van der Waals surface area contributed by atoms with E-state index in [0.717, 1.165) is 52.5 Å². The molecule has 0 aliphatic carbocycles. The van der Waals surface area contributed by atoms with Gasteiger partial charge < -0.3 is 4.90 Å². The molecule has 0 unspecified atom stereocenters. The number of fused-ring (bicyclic) bond motifs is 3. The van der Waals surface area contributed by atoms with Crippen molar-refractivity contribution in [2.75, 3.05) is 13.1 Å². The molecular weight excluding hydrogens is 320 g/mol. The molecular formula is C18H16N4OS. The van der Waals surface area contributed by atoms with E-state index >= 15 is 0 Å². The molecule has 0 atom stereocenters. The third-order valence-corrected chi connectivity index (χ3v) is 5.24. The summed E-state index contributed by atoms with van der Waals surface area (Å²) in [5.41, 5.74) is 4.22. The van der Waals surface area contributed by atoms with Crippen LogP contribution in [0.4, 0.5) is 0 Å². The highest BCUT2D eigenvalue weighted by Gasteiger charge is 2.29. The molecule has 0 amide bonds. The summed E-state index contributed by atoms with van der Waals surface area (Å²) >= 11 is 1.49. The molecule has 1 N–H and O–H groups in total. The lowest BCUT2D eigenvalue weighted by Gasteiger charge is -2.34. The second-order valence-electron chi connectivity index (χ2n) is 5.81. The van der Waals surface area contributed by atoms with Gasteiger partial charge in [-0.3, -0.25) is 10.4 Å². The van der Waals surface area contributed by atoms with Crippen LogP contribution in [0.15, 0.2) is 57.5 Å². The normalized spacial score (nSPS) is 16.2. The highest BCUT2D eigenvalue weighted by atomic mass is 32.2. The van der Waals surface area contributed by atoms with Crippen LogP contribution in [-0.2, 0) is 6.54 Å². The molecule has 2 aromatic carbocycles. The van der Waals surface area contributed by atoms with E-state index in [4.69, 9.17) is 5.41 Å². The lowest BCUT2D eigenvalue weighted by molar-refractivity contribution is 0.552. The van der Waals surface area contributed by atoms with Gasteiger partial charge in [0.15, 0.2) is 5.17 Å². The van der Waals surface area contributed by atoms with Crippen LogP contribution in [0.5, 0.6) is 0 Å². The summed E-state index contributed by atoms with van der Waals surface area (Å²) < 4.78 is 0. The number of amidine groups is 2. The molecule has 4 rings (SSSR count). The zero-order chi connectivity index (χ0) is 16.5. The van der Waals surface area contributed by atoms with Crippen LogP contribution >= 0.6 is 11.8 Å². The number of nitrogens with one attached hydrogen (secondary N) is 1. The smallest absolute Gasteiger partial charge is 0.166 e. The minimum absolute atomic E-state index is 0.202. The molecule has 5 nitrogen and oxygen atoms in total. The van der Waals surface area contributed by atoms with Crippen LogP contribution in [0.3, 0.4) is 0 Å². The van der Waals surface area contributed by atoms with Gasteiger partial charge in [0, 0.05) is 23.5 Å². The Hall–Kier alpha value is -2.47. The lowest BCUT2D eigenvalue weighted by Crippen LogP contribution is -2.42. The Morgan fingerprint density at radius 3 is 2.75 bits per heavy atom. The van der Waals surface area contributed by atoms with Gasteiger partial charge in [0.25, 0.3) is 0 Å². The number of hydrogen-bond donors (Lipinski definition) is 1. The Kier molecular flexibility index (Phi) is 3.90. The zero-order valence-corrected chi connectivity index (χ0v) is 13.8. The Labute approximate surface area is 144 Å². The maximum absolute atomic E-state index is 10.3. The molecule has 0 bridgehead atoms. The first-order chi connectivity index (χ1) is 11.8. The molecule has 0 saturated carbocycles. The fourth-order valence-electron chi connectivity index (χ4n) is 3.04. The highest BCUT2D eigenvalue weighted by Crippen LogP contribution is 2.36. The minimum Gasteiger partial charge on any atom is -0.305 e. The standard InChI is InChI=1S/C18H16N4OS/c19-18-22-9-1-8-20-17(22)15-7-6-14(10-16(15)24-18)13-4-2-12(3-5-13)11-21-23/h2-7,10,19H,1,8-9,11H2. The summed E-state index contributed by atoms with van der Waals surface area (Å²) in [6, 6.07) is 14.2. The van der Waals surface area contributed by atoms with Crippen molar-refractivity contribution in [3.63, 3.8) is 0 Å². The SMILES string of the molecule is N=C1Sc2cc(-c3ccc(CN=O)cc3)ccc2C2=NCCCN12. The number of nitroso groups, excluding NO2 is 1. The van der Waals surface area contributed by atoms with Crippen LogP contribution in [-0.4, -0.2) is 29.0 Å². The third-order valence-electron chi connectivity index (χ3n) is 4.27. The number of aliphatic imine (C=N–C) groups is 1. The predicted octanol–water partition coefficient (Wildman–Crippen LogP) is 4.11. The molecule has 0 fully saturated rings. The first-order valence-electron chi connectivity index (χ1n) is 7.87. The summed E-state index contributed by atoms with van der Waals surface area (Å²) in [6.07, 6.45) is 1.00. The average molecular weight is 336 g/mol. The molecule has 2 heterocycles. The van der Waals surface area contributed by atoms with Crippen molar-refractivity contribution in [3.05, 3.63) is 58.5 Å². The summed E-state index contributed by atoms with van der Waals surface area (Å²) in [4.78, 5) is 18.0. The molecule has 2 aliphatic rings. The van der Waals surface area contributed by atoms with E-state index in [9.17, 15) is 4.91 Å². The number of benzene rings is 2. The van der Waals surface area contributed by atoms with Crippen LogP contribution in [0.1, 0.15) is 17.5 Å². The van der Waals surface area contributed by atoms with Crippen LogP contribution < -0.4 is 0 Å². The maximum atomic E-state index is 10.3. The van der Waals surface area contributed by atoms with Gasteiger partial charge in [-0.2, -0.15) is 4.91 Å². The van der Waals surface area contributed by atoms with Gasteiger partial charge in [-0.05, 0) is 35.2 Å². The summed E-state index contributed by atoms with van der Waals surface area (Å²) in [6.45, 7) is 1.91. The number of hydrogen-bond acceptors (Lipinski definition) is 5. The molecule has 6 heteroatoms. The molecule has 2 aliphatic heterocycles. The van der Waals surface area contributed by atoms with E-state index in [0.29, 0.717) is 5.17 Å². The van der Waals surface area contributed by atoms with Gasteiger partial charge in [-0.25, -0.2) is 0 Å². The van der Waals surface area contributed by atoms with E-state index < -0.39 is 0 Å². The van der Waals surface area contributed by atoms with Gasteiger partial charge in [0.05, 0.1) is 0 Å². The lowest BCUT2D eigenvalue weighted by atomic mass is 10.0. The molecule has 0 aromatic heterocycles. The van der Waals surface area contributed by atoms with E-state index in [2.05, 4.69) is 28.4 Å². The topological polar surface area (TPSA) is 68.9 Å². The van der Waals surface area contributed by atoms with Crippen molar-refractivity contribution < 1.29 is 0 Å². The third kappa shape index (κ3) is 2.63. The summed E-state index contributed by atoms with van der Waals surface area (Å²) in [5.74, 6) is 0.930. The minimum atomic E-state index is 0.202. The Balaban J connectivity index is 1.71.